The fourth-order valence-electron chi connectivity index (χ4n) is 1.45. The Balaban J connectivity index is 2.26. The molecule has 0 aromatic rings. The van der Waals surface area contributed by atoms with E-state index in [9.17, 15) is 4.79 Å². The molecule has 0 saturated heterocycles. The zero-order chi connectivity index (χ0) is 11.5. The first-order valence-electron chi connectivity index (χ1n) is 5.37. The fourth-order valence-corrected chi connectivity index (χ4v) is 1.45. The van der Waals surface area contributed by atoms with Crippen molar-refractivity contribution in [2.24, 2.45) is 5.92 Å². The van der Waals surface area contributed by atoms with Gasteiger partial charge >= 0.3 is 5.97 Å². The number of carbonyl (C=O) groups excluding carboxylic acids is 1. The van der Waals surface area contributed by atoms with E-state index >= 15 is 0 Å². The van der Waals surface area contributed by atoms with Gasteiger partial charge in [0.1, 0.15) is 5.75 Å². The van der Waals surface area contributed by atoms with Crippen LogP contribution in [-0.2, 0) is 4.79 Å². The molecule has 0 spiro atoms. The molecule has 0 saturated carbocycles. The summed E-state index contributed by atoms with van der Waals surface area (Å²) in [7, 11) is 0. The quantitative estimate of drug-likeness (QED) is 0.716. The zero-order valence-corrected chi connectivity index (χ0v) is 9.44. The number of rotatable bonds is 2. The first-order chi connectivity index (χ1) is 7.66. The highest BCUT2D eigenvalue weighted by molar-refractivity contribution is 5.74. The molecule has 2 aliphatic rings. The van der Waals surface area contributed by atoms with Crippen LogP contribution in [0.2, 0.25) is 0 Å². The molecule has 0 N–H and O–H groups in total. The van der Waals surface area contributed by atoms with E-state index in [0.29, 0.717) is 5.75 Å². The maximum atomic E-state index is 11.4. The Morgan fingerprint density at radius 2 is 1.56 bits per heavy atom. The molecule has 2 rings (SSSR count). The van der Waals surface area contributed by atoms with E-state index in [-0.39, 0.29) is 11.9 Å². The van der Waals surface area contributed by atoms with Gasteiger partial charge in [0.15, 0.2) is 0 Å². The smallest absolute Gasteiger partial charge is 0.313 e. The van der Waals surface area contributed by atoms with E-state index in [1.807, 2.05) is 56.3 Å². The zero-order valence-electron chi connectivity index (χ0n) is 9.44. The molecule has 0 heterocycles. The molecule has 2 heteroatoms. The molecule has 0 radical (unpaired) electrons. The van der Waals surface area contributed by atoms with E-state index in [4.69, 9.17) is 4.74 Å². The van der Waals surface area contributed by atoms with E-state index in [1.165, 1.54) is 0 Å². The van der Waals surface area contributed by atoms with Crippen LogP contribution in [0.1, 0.15) is 13.8 Å². The Morgan fingerprint density at radius 3 is 2.06 bits per heavy atom. The standard InChI is InChI=1S/C14H14O2/c1-10(2)14(15)16-13-8-6-11-4-3-5-12(11)7-9-13/h3-10H,1-2H3. The second-order valence-electron chi connectivity index (χ2n) is 4.08. The highest BCUT2D eigenvalue weighted by Gasteiger charge is 2.09. The third-order valence-electron chi connectivity index (χ3n) is 2.43. The minimum atomic E-state index is -0.203. The fraction of sp³-hybridized carbons (Fsp3) is 0.214. The van der Waals surface area contributed by atoms with Crippen molar-refractivity contribution in [3.05, 3.63) is 42.5 Å². The maximum absolute atomic E-state index is 11.4. The van der Waals surface area contributed by atoms with Crippen molar-refractivity contribution in [1.82, 2.24) is 0 Å². The van der Waals surface area contributed by atoms with Crippen LogP contribution in [0.4, 0.5) is 0 Å². The summed E-state index contributed by atoms with van der Waals surface area (Å²) in [6, 6.07) is 13.6. The molecule has 82 valence electrons. The Bertz CT molecular complexity index is 443. The van der Waals surface area contributed by atoms with Gasteiger partial charge in [0, 0.05) is 0 Å². The van der Waals surface area contributed by atoms with Crippen LogP contribution in [0.3, 0.4) is 0 Å². The molecule has 0 fully saturated rings. The molecule has 0 unspecified atom stereocenters. The molecule has 0 aromatic heterocycles. The van der Waals surface area contributed by atoms with Crippen LogP contribution in [0, 0.1) is 5.92 Å². The van der Waals surface area contributed by atoms with Crippen molar-refractivity contribution in [3.63, 3.8) is 0 Å². The first kappa shape index (κ1) is 10.7. The van der Waals surface area contributed by atoms with Crippen LogP contribution >= 0.6 is 0 Å². The van der Waals surface area contributed by atoms with Gasteiger partial charge in [-0.25, -0.2) is 0 Å². The van der Waals surface area contributed by atoms with Gasteiger partial charge in [0.2, 0.25) is 0 Å². The number of carbonyl (C=O) groups is 1. The van der Waals surface area contributed by atoms with Crippen LogP contribution in [0.5, 0.6) is 5.75 Å². The molecule has 16 heavy (non-hydrogen) atoms. The number of esters is 1. The number of hydrogen-bond acceptors (Lipinski definition) is 2. The van der Waals surface area contributed by atoms with Crippen molar-refractivity contribution in [1.29, 1.82) is 0 Å². The average molecular weight is 214 g/mol. The van der Waals surface area contributed by atoms with Crippen LogP contribution in [-0.4, -0.2) is 5.97 Å². The summed E-state index contributed by atoms with van der Waals surface area (Å²) in [5.74, 6) is 0.282. The second-order valence-corrected chi connectivity index (χ2v) is 4.08. The Labute approximate surface area is 95.2 Å². The molecule has 0 amide bonds. The summed E-state index contributed by atoms with van der Waals surface area (Å²) in [5.41, 5.74) is 2.29. The SMILES string of the molecule is CC(C)C(=O)Oc1ccc2cccc-2cc1. The van der Waals surface area contributed by atoms with Crippen molar-refractivity contribution in [2.45, 2.75) is 13.8 Å². The van der Waals surface area contributed by atoms with Crippen LogP contribution < -0.4 is 4.74 Å². The topological polar surface area (TPSA) is 26.3 Å². The van der Waals surface area contributed by atoms with Crippen molar-refractivity contribution < 1.29 is 9.53 Å². The number of hydrogen-bond donors (Lipinski definition) is 0. The monoisotopic (exact) mass is 214 g/mol. The van der Waals surface area contributed by atoms with Gasteiger partial charge < -0.3 is 4.74 Å². The molecule has 2 nitrogen and oxygen atoms in total. The van der Waals surface area contributed by atoms with Crippen molar-refractivity contribution >= 4 is 5.97 Å². The predicted molar refractivity (Wildman–Crippen MR) is 63.5 cm³/mol. The minimum absolute atomic E-state index is 0.108. The molecular formula is C14H14O2. The number of ether oxygens (including phenoxy) is 1. The summed E-state index contributed by atoms with van der Waals surface area (Å²) in [5, 5.41) is 0. The lowest BCUT2D eigenvalue weighted by Gasteiger charge is -2.04. The molecule has 0 aliphatic heterocycles. The van der Waals surface area contributed by atoms with Crippen LogP contribution in [0.25, 0.3) is 11.1 Å². The second kappa shape index (κ2) is 4.35. The Kier molecular flexibility index (Phi) is 2.91. The Morgan fingerprint density at radius 1 is 1.00 bits per heavy atom. The summed E-state index contributed by atoms with van der Waals surface area (Å²) in [6.07, 6.45) is 0. The normalized spacial score (nSPS) is 10.7. The van der Waals surface area contributed by atoms with Gasteiger partial charge in [-0.2, -0.15) is 0 Å². The van der Waals surface area contributed by atoms with Gasteiger partial charge in [0.05, 0.1) is 5.92 Å². The minimum Gasteiger partial charge on any atom is -0.426 e. The molecule has 0 bridgehead atoms. The highest BCUT2D eigenvalue weighted by atomic mass is 16.5. The lowest BCUT2D eigenvalue weighted by molar-refractivity contribution is -0.137. The van der Waals surface area contributed by atoms with Gasteiger partial charge in [-0.1, -0.05) is 44.2 Å². The average Bonchev–Trinajstić information content (AvgIpc) is 2.62. The van der Waals surface area contributed by atoms with Crippen molar-refractivity contribution in [3.8, 4) is 16.9 Å². The summed E-state index contributed by atoms with van der Waals surface area (Å²) >= 11 is 0. The van der Waals surface area contributed by atoms with E-state index in [0.717, 1.165) is 11.1 Å². The largest absolute Gasteiger partial charge is 0.426 e. The van der Waals surface area contributed by atoms with Crippen molar-refractivity contribution in [2.75, 3.05) is 0 Å². The molecular weight excluding hydrogens is 200 g/mol. The lowest BCUT2D eigenvalue weighted by atomic mass is 10.2. The Hall–Kier alpha value is -1.83. The molecule has 0 aromatic carbocycles. The first-order valence-corrected chi connectivity index (χ1v) is 5.37. The number of fused-ring (bicyclic) bond motifs is 1. The summed E-state index contributed by atoms with van der Waals surface area (Å²) < 4.78 is 5.24. The van der Waals surface area contributed by atoms with Gasteiger partial charge in [-0.05, 0) is 23.3 Å². The lowest BCUT2D eigenvalue weighted by Crippen LogP contribution is -2.14. The van der Waals surface area contributed by atoms with E-state index < -0.39 is 0 Å². The van der Waals surface area contributed by atoms with Crippen LogP contribution in [0.15, 0.2) is 42.5 Å². The third-order valence-corrected chi connectivity index (χ3v) is 2.43. The molecule has 2 aliphatic carbocycles. The molecule has 0 atom stereocenters. The van der Waals surface area contributed by atoms with Gasteiger partial charge in [-0.3, -0.25) is 4.79 Å². The maximum Gasteiger partial charge on any atom is 0.313 e. The van der Waals surface area contributed by atoms with E-state index in [2.05, 4.69) is 0 Å². The van der Waals surface area contributed by atoms with E-state index in [1.54, 1.807) is 0 Å². The summed E-state index contributed by atoms with van der Waals surface area (Å²) in [6.45, 7) is 3.64. The predicted octanol–water partition coefficient (Wildman–Crippen LogP) is 3.35. The van der Waals surface area contributed by atoms with Gasteiger partial charge in [-0.15, -0.1) is 0 Å². The highest BCUT2D eigenvalue weighted by Crippen LogP contribution is 2.24. The third kappa shape index (κ3) is 2.22. The van der Waals surface area contributed by atoms with Gasteiger partial charge in [0.25, 0.3) is 0 Å². The summed E-state index contributed by atoms with van der Waals surface area (Å²) in [4.78, 5) is 11.4.